The Labute approximate surface area is 128 Å². The van der Waals surface area contributed by atoms with Gasteiger partial charge >= 0.3 is 0 Å². The summed E-state index contributed by atoms with van der Waals surface area (Å²) in [5.41, 5.74) is 0.965. The number of benzene rings is 2. The number of nitrogens with one attached hydrogen (secondary N) is 2. The highest BCUT2D eigenvalue weighted by Crippen LogP contribution is 2.23. The first-order valence-corrected chi connectivity index (χ1v) is 7.89. The zero-order valence-electron chi connectivity index (χ0n) is 11.1. The molecule has 0 aliphatic rings. The van der Waals surface area contributed by atoms with Gasteiger partial charge in [-0.25, -0.2) is 8.42 Å². The topological polar surface area (TPSA) is 75.3 Å². The zero-order valence-corrected chi connectivity index (χ0v) is 12.7. The number of carbonyl (C=O) groups is 1. The lowest BCUT2D eigenvalue weighted by atomic mass is 10.3. The monoisotopic (exact) mass is 324 g/mol. The molecule has 0 bridgehead atoms. The molecule has 5 nitrogen and oxygen atoms in total. The smallest absolute Gasteiger partial charge is 0.263 e. The van der Waals surface area contributed by atoms with Gasteiger partial charge in [0.1, 0.15) is 4.90 Å². The maximum Gasteiger partial charge on any atom is 0.263 e. The van der Waals surface area contributed by atoms with Crippen molar-refractivity contribution in [1.29, 1.82) is 0 Å². The molecule has 0 radical (unpaired) electrons. The van der Waals surface area contributed by atoms with Crippen molar-refractivity contribution in [1.82, 2.24) is 0 Å². The Morgan fingerprint density at radius 3 is 2.14 bits per heavy atom. The normalized spacial score (nSPS) is 11.0. The summed E-state index contributed by atoms with van der Waals surface area (Å²) >= 11 is 5.89. The minimum absolute atomic E-state index is 0.0117. The van der Waals surface area contributed by atoms with Crippen LogP contribution in [0.3, 0.4) is 0 Å². The molecule has 0 aromatic heterocycles. The summed E-state index contributed by atoms with van der Waals surface area (Å²) < 4.78 is 26.9. The van der Waals surface area contributed by atoms with Gasteiger partial charge in [-0.2, -0.15) is 0 Å². The van der Waals surface area contributed by atoms with E-state index in [1.54, 1.807) is 36.4 Å². The number of halogens is 1. The molecule has 7 heteroatoms. The van der Waals surface area contributed by atoms with Crippen LogP contribution in [0.15, 0.2) is 53.4 Å². The Kier molecular flexibility index (Phi) is 4.50. The van der Waals surface area contributed by atoms with E-state index in [0.717, 1.165) is 0 Å². The molecule has 110 valence electrons. The third-order valence-corrected chi connectivity index (χ3v) is 4.46. The van der Waals surface area contributed by atoms with E-state index < -0.39 is 10.0 Å². The summed E-state index contributed by atoms with van der Waals surface area (Å²) in [6.45, 7) is 1.40. The first kappa shape index (κ1) is 15.3. The van der Waals surface area contributed by atoms with Crippen molar-refractivity contribution in [2.24, 2.45) is 0 Å². The maximum absolute atomic E-state index is 12.2. The van der Waals surface area contributed by atoms with Crippen LogP contribution in [0.5, 0.6) is 0 Å². The van der Waals surface area contributed by atoms with Gasteiger partial charge in [-0.05, 0) is 36.4 Å². The van der Waals surface area contributed by atoms with Crippen LogP contribution in [0.25, 0.3) is 0 Å². The van der Waals surface area contributed by atoms with Gasteiger partial charge in [-0.15, -0.1) is 0 Å². The molecule has 2 rings (SSSR count). The van der Waals surface area contributed by atoms with E-state index in [1.165, 1.54) is 19.1 Å². The van der Waals surface area contributed by atoms with Crippen LogP contribution >= 0.6 is 11.6 Å². The Morgan fingerprint density at radius 1 is 1.00 bits per heavy atom. The summed E-state index contributed by atoms with van der Waals surface area (Å²) in [6.07, 6.45) is 0. The number of sulfonamides is 1. The van der Waals surface area contributed by atoms with Crippen molar-refractivity contribution in [2.75, 3.05) is 10.0 Å². The van der Waals surface area contributed by atoms with Crippen molar-refractivity contribution in [3.05, 3.63) is 53.6 Å². The molecule has 0 heterocycles. The minimum atomic E-state index is -3.75. The average molecular weight is 325 g/mol. The summed E-state index contributed by atoms with van der Waals surface area (Å²) in [5.74, 6) is -0.195. The van der Waals surface area contributed by atoms with Gasteiger partial charge in [-0.1, -0.05) is 23.7 Å². The van der Waals surface area contributed by atoms with Gasteiger partial charge in [0.25, 0.3) is 10.0 Å². The van der Waals surface area contributed by atoms with Crippen LogP contribution in [0.4, 0.5) is 11.4 Å². The van der Waals surface area contributed by atoms with Gasteiger partial charge < -0.3 is 5.32 Å². The Hall–Kier alpha value is -2.05. The van der Waals surface area contributed by atoms with Crippen LogP contribution < -0.4 is 10.0 Å². The number of anilines is 2. The van der Waals surface area contributed by atoms with Crippen LogP contribution in [0.2, 0.25) is 5.02 Å². The van der Waals surface area contributed by atoms with Crippen molar-refractivity contribution >= 4 is 38.9 Å². The summed E-state index contributed by atoms with van der Waals surface area (Å²) in [7, 11) is -3.75. The highest BCUT2D eigenvalue weighted by atomic mass is 35.5. The molecule has 0 aliphatic carbocycles. The van der Waals surface area contributed by atoms with Crippen LogP contribution in [-0.4, -0.2) is 14.3 Å². The molecule has 0 saturated heterocycles. The lowest BCUT2D eigenvalue weighted by molar-refractivity contribution is -0.114. The quantitative estimate of drug-likeness (QED) is 0.907. The SMILES string of the molecule is CC(=O)Nc1ccc(NS(=O)(=O)c2ccccc2Cl)cc1. The third kappa shape index (κ3) is 3.96. The fourth-order valence-electron chi connectivity index (χ4n) is 1.70. The molecule has 0 spiro atoms. The largest absolute Gasteiger partial charge is 0.326 e. The zero-order chi connectivity index (χ0) is 15.5. The molecule has 0 atom stereocenters. The molecule has 2 N–H and O–H groups in total. The number of rotatable bonds is 4. The second kappa shape index (κ2) is 6.15. The average Bonchev–Trinajstić information content (AvgIpc) is 2.40. The molecule has 0 fully saturated rings. The summed E-state index contributed by atoms with van der Waals surface area (Å²) in [5, 5.41) is 2.75. The molecular formula is C14H13ClN2O3S. The van der Waals surface area contributed by atoms with Crippen molar-refractivity contribution in [2.45, 2.75) is 11.8 Å². The fourth-order valence-corrected chi connectivity index (χ4v) is 3.28. The van der Waals surface area contributed by atoms with Gasteiger partial charge in [0, 0.05) is 18.3 Å². The highest BCUT2D eigenvalue weighted by molar-refractivity contribution is 7.92. The van der Waals surface area contributed by atoms with E-state index in [1.807, 2.05) is 0 Å². The van der Waals surface area contributed by atoms with E-state index >= 15 is 0 Å². The van der Waals surface area contributed by atoms with Gasteiger partial charge in [0.2, 0.25) is 5.91 Å². The van der Waals surface area contributed by atoms with E-state index in [4.69, 9.17) is 11.6 Å². The Bertz CT molecular complexity index is 758. The van der Waals surface area contributed by atoms with Gasteiger partial charge in [-0.3, -0.25) is 9.52 Å². The predicted molar refractivity (Wildman–Crippen MR) is 83.0 cm³/mol. The molecule has 0 saturated carbocycles. The lowest BCUT2D eigenvalue weighted by Gasteiger charge is -2.10. The first-order chi connectivity index (χ1) is 9.88. The highest BCUT2D eigenvalue weighted by Gasteiger charge is 2.17. The van der Waals surface area contributed by atoms with Crippen LogP contribution in [-0.2, 0) is 14.8 Å². The van der Waals surface area contributed by atoms with Crippen LogP contribution in [0.1, 0.15) is 6.92 Å². The summed E-state index contributed by atoms with van der Waals surface area (Å²) in [6, 6.07) is 12.5. The molecule has 21 heavy (non-hydrogen) atoms. The number of amides is 1. The van der Waals surface area contributed by atoms with E-state index in [-0.39, 0.29) is 15.8 Å². The maximum atomic E-state index is 12.2. The molecule has 2 aromatic rings. The van der Waals surface area contributed by atoms with E-state index in [9.17, 15) is 13.2 Å². The molecule has 1 amide bonds. The molecular weight excluding hydrogens is 312 g/mol. The van der Waals surface area contributed by atoms with E-state index in [2.05, 4.69) is 10.0 Å². The third-order valence-electron chi connectivity index (χ3n) is 2.58. The minimum Gasteiger partial charge on any atom is -0.326 e. The number of hydrogen-bond donors (Lipinski definition) is 2. The molecule has 0 aliphatic heterocycles. The van der Waals surface area contributed by atoms with Crippen molar-refractivity contribution in [3.8, 4) is 0 Å². The molecule has 2 aromatic carbocycles. The van der Waals surface area contributed by atoms with Crippen molar-refractivity contribution < 1.29 is 13.2 Å². The number of hydrogen-bond acceptors (Lipinski definition) is 3. The second-order valence-electron chi connectivity index (χ2n) is 4.29. The number of carbonyl (C=O) groups excluding carboxylic acids is 1. The van der Waals surface area contributed by atoms with E-state index in [0.29, 0.717) is 11.4 Å². The Balaban J connectivity index is 2.21. The van der Waals surface area contributed by atoms with Crippen molar-refractivity contribution in [3.63, 3.8) is 0 Å². The fraction of sp³-hybridized carbons (Fsp3) is 0.0714. The first-order valence-electron chi connectivity index (χ1n) is 6.03. The second-order valence-corrected chi connectivity index (χ2v) is 6.35. The standard InChI is InChI=1S/C14H13ClN2O3S/c1-10(18)16-11-6-8-12(9-7-11)17-21(19,20)14-5-3-2-4-13(14)15/h2-9,17H,1H3,(H,16,18). The molecule has 0 unspecified atom stereocenters. The summed E-state index contributed by atoms with van der Waals surface area (Å²) in [4.78, 5) is 10.9. The van der Waals surface area contributed by atoms with Crippen LogP contribution in [0, 0.1) is 0 Å². The van der Waals surface area contributed by atoms with Gasteiger partial charge in [0.15, 0.2) is 0 Å². The Morgan fingerprint density at radius 2 is 1.57 bits per heavy atom. The predicted octanol–water partition coefficient (Wildman–Crippen LogP) is 3.10. The lowest BCUT2D eigenvalue weighted by Crippen LogP contribution is -2.13. The van der Waals surface area contributed by atoms with Gasteiger partial charge in [0.05, 0.1) is 5.02 Å².